The van der Waals surface area contributed by atoms with Crippen LogP contribution < -0.4 is 10.6 Å². The monoisotopic (exact) mass is 380 g/mol. The summed E-state index contributed by atoms with van der Waals surface area (Å²) >= 11 is 1.56. The van der Waals surface area contributed by atoms with Gasteiger partial charge >= 0.3 is 0 Å². The Hall–Kier alpha value is -2.78. The van der Waals surface area contributed by atoms with Crippen molar-refractivity contribution in [3.05, 3.63) is 41.9 Å². The molecule has 9 heteroatoms. The first kappa shape index (κ1) is 16.4. The second-order valence-electron chi connectivity index (χ2n) is 6.77. The van der Waals surface area contributed by atoms with Crippen LogP contribution in [0.5, 0.6) is 0 Å². The first-order valence-corrected chi connectivity index (χ1v) is 9.91. The first-order valence-electron chi connectivity index (χ1n) is 9.03. The van der Waals surface area contributed by atoms with Gasteiger partial charge in [0, 0.05) is 54.5 Å². The van der Waals surface area contributed by atoms with Crippen molar-refractivity contribution in [1.82, 2.24) is 34.7 Å². The Bertz CT molecular complexity index is 1060. The summed E-state index contributed by atoms with van der Waals surface area (Å²) in [5, 5.41) is 18.6. The lowest BCUT2D eigenvalue weighted by Crippen LogP contribution is -2.29. The van der Waals surface area contributed by atoms with E-state index in [1.54, 1.807) is 22.2 Å². The molecule has 2 N–H and O–H groups in total. The third-order valence-electron chi connectivity index (χ3n) is 4.89. The summed E-state index contributed by atoms with van der Waals surface area (Å²) in [5.74, 6) is 1.28. The number of aromatic nitrogens is 6. The van der Waals surface area contributed by atoms with E-state index < -0.39 is 0 Å². The van der Waals surface area contributed by atoms with Gasteiger partial charge in [-0.15, -0.1) is 11.3 Å². The highest BCUT2D eigenvalue weighted by Gasteiger charge is 2.21. The number of anilines is 2. The normalized spacial score (nSPS) is 17.4. The molecule has 0 aliphatic carbocycles. The van der Waals surface area contributed by atoms with E-state index >= 15 is 0 Å². The smallest absolute Gasteiger partial charge is 0.188 e. The minimum absolute atomic E-state index is 0.400. The van der Waals surface area contributed by atoms with Crippen molar-refractivity contribution in [1.29, 1.82) is 0 Å². The van der Waals surface area contributed by atoms with E-state index in [1.165, 1.54) is 6.42 Å². The maximum atomic E-state index is 5.00. The van der Waals surface area contributed by atoms with Crippen molar-refractivity contribution in [3.8, 4) is 11.1 Å². The van der Waals surface area contributed by atoms with Crippen molar-refractivity contribution in [2.24, 2.45) is 7.05 Å². The summed E-state index contributed by atoms with van der Waals surface area (Å²) in [6.45, 7) is 2.03. The average molecular weight is 380 g/mol. The number of nitrogens with one attached hydrogen (secondary N) is 2. The first-order chi connectivity index (χ1) is 13.3. The summed E-state index contributed by atoms with van der Waals surface area (Å²) in [5.41, 5.74) is 3.92. The average Bonchev–Trinajstić information content (AvgIpc) is 3.43. The van der Waals surface area contributed by atoms with Gasteiger partial charge in [-0.25, -0.2) is 9.97 Å². The van der Waals surface area contributed by atoms with E-state index in [9.17, 15) is 0 Å². The van der Waals surface area contributed by atoms with Crippen molar-refractivity contribution >= 4 is 27.9 Å². The molecule has 5 rings (SSSR count). The second kappa shape index (κ2) is 6.75. The van der Waals surface area contributed by atoms with Crippen LogP contribution in [0.4, 0.5) is 10.9 Å². The lowest BCUT2D eigenvalue weighted by molar-refractivity contribution is 0.455. The Balaban J connectivity index is 1.65. The number of rotatable bonds is 4. The number of hydrogen-bond donors (Lipinski definition) is 2. The SMILES string of the molecule is Cn1cc(-c2cnn3c(Nc4nccs4)cc(C4CCCNC4)nc23)cn1. The molecule has 1 unspecified atom stereocenters. The van der Waals surface area contributed by atoms with Gasteiger partial charge < -0.3 is 10.6 Å². The van der Waals surface area contributed by atoms with Gasteiger partial charge in [-0.3, -0.25) is 4.68 Å². The Morgan fingerprint density at radius 1 is 1.30 bits per heavy atom. The fourth-order valence-electron chi connectivity index (χ4n) is 3.54. The number of aryl methyl sites for hydroxylation is 1. The Kier molecular flexibility index (Phi) is 4.10. The van der Waals surface area contributed by atoms with Crippen LogP contribution in [0.15, 0.2) is 36.2 Å². The molecular formula is C18H20N8S. The summed E-state index contributed by atoms with van der Waals surface area (Å²) in [6, 6.07) is 2.10. The minimum Gasteiger partial charge on any atom is -0.316 e. The van der Waals surface area contributed by atoms with Crippen LogP contribution in [-0.2, 0) is 7.05 Å². The lowest BCUT2D eigenvalue weighted by atomic mass is 9.96. The molecule has 1 atom stereocenters. The molecule has 8 nitrogen and oxygen atoms in total. The molecule has 1 saturated heterocycles. The van der Waals surface area contributed by atoms with Gasteiger partial charge in [-0.1, -0.05) is 0 Å². The summed E-state index contributed by atoms with van der Waals surface area (Å²) in [7, 11) is 1.91. The maximum absolute atomic E-state index is 5.00. The standard InChI is InChI=1S/C18H20N8S/c1-25-11-13(9-21-25)14-10-22-26-16(24-18-20-5-6-27-18)7-15(23-17(14)26)12-3-2-4-19-8-12/h5-7,9-12,19H,2-4,8H2,1H3,(H,20,24). The van der Waals surface area contributed by atoms with E-state index in [0.717, 1.165) is 52.9 Å². The van der Waals surface area contributed by atoms with Crippen LogP contribution in [0.25, 0.3) is 16.8 Å². The number of hydrogen-bond acceptors (Lipinski definition) is 7. The molecule has 0 bridgehead atoms. The fraction of sp³-hybridized carbons (Fsp3) is 0.333. The van der Waals surface area contributed by atoms with E-state index in [1.807, 2.05) is 35.5 Å². The zero-order valence-electron chi connectivity index (χ0n) is 15.0. The second-order valence-corrected chi connectivity index (χ2v) is 7.66. The number of piperidine rings is 1. The van der Waals surface area contributed by atoms with Gasteiger partial charge in [0.05, 0.1) is 18.1 Å². The Morgan fingerprint density at radius 3 is 3.00 bits per heavy atom. The van der Waals surface area contributed by atoms with Gasteiger partial charge in [-0.2, -0.15) is 14.7 Å². The molecule has 0 spiro atoms. The molecule has 138 valence electrons. The molecule has 1 fully saturated rings. The fourth-order valence-corrected chi connectivity index (χ4v) is 4.08. The number of nitrogens with zero attached hydrogens (tertiary/aromatic N) is 6. The summed E-state index contributed by atoms with van der Waals surface area (Å²) < 4.78 is 3.64. The maximum Gasteiger partial charge on any atom is 0.188 e. The van der Waals surface area contributed by atoms with E-state index in [2.05, 4.69) is 31.9 Å². The molecule has 4 aromatic rings. The van der Waals surface area contributed by atoms with Crippen molar-refractivity contribution in [2.45, 2.75) is 18.8 Å². The third kappa shape index (κ3) is 3.08. The van der Waals surface area contributed by atoms with E-state index in [-0.39, 0.29) is 0 Å². The molecule has 1 aliphatic heterocycles. The molecule has 27 heavy (non-hydrogen) atoms. The Morgan fingerprint density at radius 2 is 2.26 bits per heavy atom. The zero-order valence-corrected chi connectivity index (χ0v) is 15.8. The molecule has 0 saturated carbocycles. The van der Waals surface area contributed by atoms with Gasteiger partial charge in [0.2, 0.25) is 0 Å². The quantitative estimate of drug-likeness (QED) is 0.566. The summed E-state index contributed by atoms with van der Waals surface area (Å²) in [6.07, 6.45) is 9.80. The highest BCUT2D eigenvalue weighted by molar-refractivity contribution is 7.13. The van der Waals surface area contributed by atoms with Crippen LogP contribution in [0.3, 0.4) is 0 Å². The number of thiazole rings is 1. The van der Waals surface area contributed by atoms with Crippen LogP contribution in [0.2, 0.25) is 0 Å². The minimum atomic E-state index is 0.400. The van der Waals surface area contributed by atoms with Crippen molar-refractivity contribution < 1.29 is 0 Å². The molecule has 5 heterocycles. The van der Waals surface area contributed by atoms with Crippen LogP contribution >= 0.6 is 11.3 Å². The van der Waals surface area contributed by atoms with Crippen LogP contribution in [0, 0.1) is 0 Å². The predicted molar refractivity (Wildman–Crippen MR) is 105 cm³/mol. The van der Waals surface area contributed by atoms with Crippen LogP contribution in [0.1, 0.15) is 24.5 Å². The zero-order chi connectivity index (χ0) is 18.2. The number of fused-ring (bicyclic) bond motifs is 1. The highest BCUT2D eigenvalue weighted by Crippen LogP contribution is 2.30. The highest BCUT2D eigenvalue weighted by atomic mass is 32.1. The molecule has 1 aliphatic rings. The van der Waals surface area contributed by atoms with Crippen molar-refractivity contribution in [3.63, 3.8) is 0 Å². The van der Waals surface area contributed by atoms with E-state index in [4.69, 9.17) is 4.98 Å². The predicted octanol–water partition coefficient (Wildman–Crippen LogP) is 2.80. The summed E-state index contributed by atoms with van der Waals surface area (Å²) in [4.78, 5) is 9.35. The molecule has 4 aromatic heterocycles. The van der Waals surface area contributed by atoms with Gasteiger partial charge in [-0.05, 0) is 19.4 Å². The van der Waals surface area contributed by atoms with Gasteiger partial charge in [0.25, 0.3) is 0 Å². The third-order valence-corrected chi connectivity index (χ3v) is 5.58. The van der Waals surface area contributed by atoms with Gasteiger partial charge in [0.15, 0.2) is 10.8 Å². The lowest BCUT2D eigenvalue weighted by Gasteiger charge is -2.23. The van der Waals surface area contributed by atoms with E-state index in [0.29, 0.717) is 5.92 Å². The van der Waals surface area contributed by atoms with Crippen molar-refractivity contribution in [2.75, 3.05) is 18.4 Å². The molecule has 0 aromatic carbocycles. The van der Waals surface area contributed by atoms with Gasteiger partial charge in [0.1, 0.15) is 5.82 Å². The van der Waals surface area contributed by atoms with Crippen LogP contribution in [-0.4, -0.2) is 42.5 Å². The molecular weight excluding hydrogens is 360 g/mol. The molecule has 0 radical (unpaired) electrons. The topological polar surface area (TPSA) is 85.0 Å². The largest absolute Gasteiger partial charge is 0.316 e. The Labute approximate surface area is 160 Å². The molecule has 0 amide bonds.